The maximum atomic E-state index is 5.83. The molecule has 7 heteroatoms. The van der Waals surface area contributed by atoms with Crippen LogP contribution in [0.2, 0.25) is 0 Å². The van der Waals surface area contributed by atoms with E-state index in [0.717, 1.165) is 28.3 Å². The number of hydrogen-bond donors (Lipinski definition) is 0. The minimum atomic E-state index is 0.412. The highest BCUT2D eigenvalue weighted by molar-refractivity contribution is 5.75. The van der Waals surface area contributed by atoms with Gasteiger partial charge >= 0.3 is 0 Å². The summed E-state index contributed by atoms with van der Waals surface area (Å²) < 4.78 is 9.47. The van der Waals surface area contributed by atoms with Crippen LogP contribution in [0.25, 0.3) is 16.7 Å². The Balaban J connectivity index is 1.51. The predicted octanol–water partition coefficient (Wildman–Crippen LogP) is 2.13. The first-order valence-corrected chi connectivity index (χ1v) is 7.18. The van der Waals surface area contributed by atoms with Gasteiger partial charge in [-0.25, -0.2) is 9.67 Å². The maximum Gasteiger partial charge on any atom is 0.147 e. The first-order chi connectivity index (χ1) is 11.3. The topological polar surface area (TPSA) is 70.7 Å². The number of nitrogens with zero attached hydrogens (tertiary/aromatic N) is 6. The van der Waals surface area contributed by atoms with E-state index in [1.807, 2.05) is 60.1 Å². The fraction of sp³-hybridized carbons (Fsp3) is 0.125. The highest BCUT2D eigenvalue weighted by atomic mass is 16.5. The molecule has 0 N–H and O–H groups in total. The normalized spacial score (nSPS) is 11.0. The molecule has 4 aromatic rings. The first kappa shape index (κ1) is 13.4. The van der Waals surface area contributed by atoms with Gasteiger partial charge < -0.3 is 9.30 Å². The van der Waals surface area contributed by atoms with Gasteiger partial charge in [-0.15, -0.1) is 5.10 Å². The van der Waals surface area contributed by atoms with E-state index in [-0.39, 0.29) is 0 Å². The molecule has 0 bridgehead atoms. The van der Waals surface area contributed by atoms with Gasteiger partial charge in [0.25, 0.3) is 0 Å². The molecular weight excluding hydrogens is 292 g/mol. The molecule has 0 unspecified atom stereocenters. The average Bonchev–Trinajstić information content (AvgIpc) is 3.23. The van der Waals surface area contributed by atoms with Crippen molar-refractivity contribution in [3.63, 3.8) is 0 Å². The van der Waals surface area contributed by atoms with Crippen molar-refractivity contribution in [2.24, 2.45) is 7.05 Å². The number of tetrazole rings is 1. The number of imidazole rings is 1. The summed E-state index contributed by atoms with van der Waals surface area (Å²) in [5.41, 5.74) is 2.95. The summed E-state index contributed by atoms with van der Waals surface area (Å²) in [6.07, 6.45) is 1.55. The van der Waals surface area contributed by atoms with Gasteiger partial charge in [-0.1, -0.05) is 12.1 Å². The summed E-state index contributed by atoms with van der Waals surface area (Å²) in [6.45, 7) is 0.412. The number of aromatic nitrogens is 6. The van der Waals surface area contributed by atoms with Crippen LogP contribution in [-0.2, 0) is 13.7 Å². The number of fused-ring (bicyclic) bond motifs is 1. The van der Waals surface area contributed by atoms with Gasteiger partial charge in [-0.2, -0.15) is 0 Å². The summed E-state index contributed by atoms with van der Waals surface area (Å²) in [6, 6.07) is 15.6. The Kier molecular flexibility index (Phi) is 3.23. The summed E-state index contributed by atoms with van der Waals surface area (Å²) >= 11 is 0. The molecule has 2 aromatic carbocycles. The van der Waals surface area contributed by atoms with E-state index in [2.05, 4.69) is 20.5 Å². The molecule has 0 aliphatic rings. The smallest absolute Gasteiger partial charge is 0.147 e. The van der Waals surface area contributed by atoms with Crippen LogP contribution in [0.5, 0.6) is 5.75 Å². The second-order valence-electron chi connectivity index (χ2n) is 5.11. The quantitative estimate of drug-likeness (QED) is 0.577. The SMILES string of the molecule is Cn1c(COc2ccc(-n3cnnn3)cc2)nc2ccccc21. The fourth-order valence-electron chi connectivity index (χ4n) is 2.45. The van der Waals surface area contributed by atoms with E-state index in [9.17, 15) is 0 Å². The van der Waals surface area contributed by atoms with Crippen LogP contribution < -0.4 is 4.74 Å². The zero-order chi connectivity index (χ0) is 15.6. The molecule has 0 saturated carbocycles. The molecule has 0 radical (unpaired) electrons. The summed E-state index contributed by atoms with van der Waals surface area (Å²) in [4.78, 5) is 4.59. The molecular formula is C16H14N6O. The molecule has 2 aromatic heterocycles. The lowest BCUT2D eigenvalue weighted by molar-refractivity contribution is 0.292. The Bertz CT molecular complexity index is 927. The van der Waals surface area contributed by atoms with Gasteiger partial charge in [-0.3, -0.25) is 0 Å². The van der Waals surface area contributed by atoms with E-state index >= 15 is 0 Å². The minimum absolute atomic E-state index is 0.412. The van der Waals surface area contributed by atoms with E-state index in [4.69, 9.17) is 4.74 Å². The maximum absolute atomic E-state index is 5.83. The molecule has 0 aliphatic heterocycles. The van der Waals surface area contributed by atoms with E-state index in [1.165, 1.54) is 0 Å². The van der Waals surface area contributed by atoms with Crippen molar-refractivity contribution in [3.8, 4) is 11.4 Å². The third kappa shape index (κ3) is 2.52. The zero-order valence-corrected chi connectivity index (χ0v) is 12.5. The molecule has 0 spiro atoms. The molecule has 2 heterocycles. The number of rotatable bonds is 4. The van der Waals surface area contributed by atoms with Crippen molar-refractivity contribution in [2.45, 2.75) is 6.61 Å². The van der Waals surface area contributed by atoms with Crippen LogP contribution in [0.1, 0.15) is 5.82 Å². The summed E-state index contributed by atoms with van der Waals surface area (Å²) in [5, 5.41) is 11.1. The standard InChI is InChI=1S/C16H14N6O/c1-21-15-5-3-2-4-14(15)18-16(21)10-23-13-8-6-12(7-9-13)22-11-17-19-20-22/h2-9,11H,10H2,1H3. The van der Waals surface area contributed by atoms with Crippen LogP contribution in [0, 0.1) is 0 Å². The molecule has 4 rings (SSSR count). The number of ether oxygens (including phenoxy) is 1. The van der Waals surface area contributed by atoms with Gasteiger partial charge in [0, 0.05) is 7.05 Å². The second kappa shape index (κ2) is 5.53. The fourth-order valence-corrected chi connectivity index (χ4v) is 2.45. The predicted molar refractivity (Wildman–Crippen MR) is 84.2 cm³/mol. The summed E-state index contributed by atoms with van der Waals surface area (Å²) in [7, 11) is 1.99. The van der Waals surface area contributed by atoms with E-state index < -0.39 is 0 Å². The Morgan fingerprint density at radius 3 is 2.61 bits per heavy atom. The van der Waals surface area contributed by atoms with Crippen molar-refractivity contribution in [1.82, 2.24) is 29.8 Å². The molecule has 0 atom stereocenters. The highest BCUT2D eigenvalue weighted by Crippen LogP contribution is 2.18. The Morgan fingerprint density at radius 2 is 1.87 bits per heavy atom. The lowest BCUT2D eigenvalue weighted by atomic mass is 10.3. The second-order valence-corrected chi connectivity index (χ2v) is 5.11. The molecule has 23 heavy (non-hydrogen) atoms. The van der Waals surface area contributed by atoms with Crippen molar-refractivity contribution in [1.29, 1.82) is 0 Å². The van der Waals surface area contributed by atoms with Crippen LogP contribution in [0.3, 0.4) is 0 Å². The third-order valence-corrected chi connectivity index (χ3v) is 3.70. The Labute approximate surface area is 132 Å². The molecule has 7 nitrogen and oxygen atoms in total. The Hall–Kier alpha value is -3.22. The molecule has 114 valence electrons. The minimum Gasteiger partial charge on any atom is -0.486 e. The van der Waals surface area contributed by atoms with Gasteiger partial charge in [0.15, 0.2) is 0 Å². The van der Waals surface area contributed by atoms with Gasteiger partial charge in [0.05, 0.1) is 16.7 Å². The molecule has 0 saturated heterocycles. The largest absolute Gasteiger partial charge is 0.486 e. The van der Waals surface area contributed by atoms with Crippen molar-refractivity contribution >= 4 is 11.0 Å². The lowest BCUT2D eigenvalue weighted by Gasteiger charge is -2.07. The van der Waals surface area contributed by atoms with E-state index in [0.29, 0.717) is 6.61 Å². The van der Waals surface area contributed by atoms with Crippen LogP contribution in [0.15, 0.2) is 54.9 Å². The number of hydrogen-bond acceptors (Lipinski definition) is 5. The number of benzene rings is 2. The number of aryl methyl sites for hydroxylation is 1. The Morgan fingerprint density at radius 1 is 1.04 bits per heavy atom. The molecule has 0 amide bonds. The van der Waals surface area contributed by atoms with Crippen LogP contribution >= 0.6 is 0 Å². The van der Waals surface area contributed by atoms with Gasteiger partial charge in [-0.05, 0) is 46.8 Å². The monoisotopic (exact) mass is 306 g/mol. The van der Waals surface area contributed by atoms with E-state index in [1.54, 1.807) is 11.0 Å². The molecule has 0 aliphatic carbocycles. The number of para-hydroxylation sites is 2. The highest BCUT2D eigenvalue weighted by Gasteiger charge is 2.07. The zero-order valence-electron chi connectivity index (χ0n) is 12.5. The van der Waals surface area contributed by atoms with Crippen molar-refractivity contribution in [2.75, 3.05) is 0 Å². The summed E-state index contributed by atoms with van der Waals surface area (Å²) in [5.74, 6) is 1.66. The lowest BCUT2D eigenvalue weighted by Crippen LogP contribution is -2.03. The van der Waals surface area contributed by atoms with Crippen molar-refractivity contribution < 1.29 is 4.74 Å². The van der Waals surface area contributed by atoms with Gasteiger partial charge in [0.1, 0.15) is 24.5 Å². The third-order valence-electron chi connectivity index (χ3n) is 3.70. The average molecular weight is 306 g/mol. The van der Waals surface area contributed by atoms with Crippen molar-refractivity contribution in [3.05, 3.63) is 60.7 Å². The van der Waals surface area contributed by atoms with Crippen LogP contribution in [-0.4, -0.2) is 29.8 Å². The van der Waals surface area contributed by atoms with Crippen LogP contribution in [0.4, 0.5) is 0 Å². The van der Waals surface area contributed by atoms with Gasteiger partial charge in [0.2, 0.25) is 0 Å². The molecule has 0 fully saturated rings. The first-order valence-electron chi connectivity index (χ1n) is 7.18.